The highest BCUT2D eigenvalue weighted by atomic mass is 16.6. The monoisotopic (exact) mass is 430 g/mol. The number of hydrogen-bond donors (Lipinski definition) is 1. The molecule has 0 aromatic heterocycles. The fourth-order valence-corrected chi connectivity index (χ4v) is 8.39. The number of para-hydroxylation sites is 1. The molecule has 0 amide bonds. The Bertz CT molecular complexity index is 1180. The van der Waals surface area contributed by atoms with Crippen LogP contribution in [0.2, 0.25) is 0 Å². The molecular weight excluding hydrogens is 400 g/mol. The Balaban J connectivity index is 1.55. The zero-order chi connectivity index (χ0) is 21.9. The third-order valence-corrected chi connectivity index (χ3v) is 9.65. The van der Waals surface area contributed by atoms with Gasteiger partial charge in [-0.3, -0.25) is 0 Å². The molecule has 2 fully saturated rings. The molecule has 1 saturated heterocycles. The SMILES string of the molecule is COc1ccc2c3c1O[C@@H]1[C@@]4(OC)C=C[C@]5(C[C@@H]4c4ccccc4N)C(C2)N(C)CC[C@]315. The van der Waals surface area contributed by atoms with E-state index in [1.807, 2.05) is 19.2 Å². The minimum atomic E-state index is -0.573. The molecule has 6 aliphatic rings. The summed E-state index contributed by atoms with van der Waals surface area (Å²) < 4.78 is 19.3. The van der Waals surface area contributed by atoms with Crippen molar-refractivity contribution < 1.29 is 14.2 Å². The summed E-state index contributed by atoms with van der Waals surface area (Å²) in [7, 11) is 5.87. The molecule has 2 heterocycles. The average Bonchev–Trinajstić information content (AvgIpc) is 3.18. The number of rotatable bonds is 3. The van der Waals surface area contributed by atoms with Gasteiger partial charge in [0.2, 0.25) is 0 Å². The molecule has 2 aliphatic heterocycles. The van der Waals surface area contributed by atoms with Crippen LogP contribution in [0.1, 0.15) is 35.4 Å². The molecule has 6 atom stereocenters. The van der Waals surface area contributed by atoms with Gasteiger partial charge in [-0.15, -0.1) is 0 Å². The van der Waals surface area contributed by atoms with Crippen LogP contribution in [0.4, 0.5) is 5.69 Å². The van der Waals surface area contributed by atoms with E-state index in [-0.39, 0.29) is 22.9 Å². The first-order valence-corrected chi connectivity index (χ1v) is 11.7. The number of fused-ring (bicyclic) bond motifs is 1. The number of hydrogen-bond acceptors (Lipinski definition) is 5. The Morgan fingerprint density at radius 2 is 1.97 bits per heavy atom. The molecule has 2 N–H and O–H groups in total. The molecule has 32 heavy (non-hydrogen) atoms. The van der Waals surface area contributed by atoms with E-state index in [2.05, 4.69) is 48.4 Å². The van der Waals surface area contributed by atoms with E-state index < -0.39 is 5.60 Å². The van der Waals surface area contributed by atoms with Gasteiger partial charge in [0.25, 0.3) is 0 Å². The molecular formula is C27H30N2O3. The van der Waals surface area contributed by atoms with E-state index in [1.54, 1.807) is 7.11 Å². The number of likely N-dealkylation sites (N-methyl/N-ethyl adjacent to an activating group) is 1. The van der Waals surface area contributed by atoms with Gasteiger partial charge in [-0.05, 0) is 56.1 Å². The van der Waals surface area contributed by atoms with Gasteiger partial charge in [0.1, 0.15) is 11.7 Å². The number of likely N-dealkylation sites (tertiary alicyclic amines) is 1. The predicted molar refractivity (Wildman–Crippen MR) is 123 cm³/mol. The Hall–Kier alpha value is -2.50. The molecule has 2 spiro atoms. The standard InChI is InChI=1S/C27H30N2O3/c1-29-13-12-26-22-16-8-9-20(30-2)23(22)32-24(26)27(31-3)11-10-25(26,21(29)14-16)15-18(27)17-6-4-5-7-19(17)28/h4-11,18,21,24H,12-15,28H2,1-3H3/t18-,21?,24+,25+,26+,27-/m1/s1. The van der Waals surface area contributed by atoms with E-state index >= 15 is 0 Å². The Morgan fingerprint density at radius 3 is 2.75 bits per heavy atom. The number of anilines is 1. The highest BCUT2D eigenvalue weighted by Gasteiger charge is 2.79. The molecule has 8 rings (SSSR count). The van der Waals surface area contributed by atoms with Crippen LogP contribution in [0.15, 0.2) is 48.6 Å². The van der Waals surface area contributed by atoms with Crippen molar-refractivity contribution in [2.75, 3.05) is 33.5 Å². The summed E-state index contributed by atoms with van der Waals surface area (Å²) in [6.07, 6.45) is 7.82. The molecule has 2 aromatic rings. The second-order valence-electron chi connectivity index (χ2n) is 10.4. The van der Waals surface area contributed by atoms with Crippen LogP contribution >= 0.6 is 0 Å². The molecule has 5 heteroatoms. The van der Waals surface area contributed by atoms with Crippen molar-refractivity contribution in [3.8, 4) is 11.5 Å². The third kappa shape index (κ3) is 1.80. The van der Waals surface area contributed by atoms with Crippen molar-refractivity contribution in [2.45, 2.75) is 48.3 Å². The van der Waals surface area contributed by atoms with Crippen LogP contribution < -0.4 is 15.2 Å². The lowest BCUT2D eigenvalue weighted by Crippen LogP contribution is -2.78. The quantitative estimate of drug-likeness (QED) is 0.595. The van der Waals surface area contributed by atoms with Crippen LogP contribution in [-0.2, 0) is 16.6 Å². The fourth-order valence-electron chi connectivity index (χ4n) is 8.39. The van der Waals surface area contributed by atoms with Gasteiger partial charge in [-0.25, -0.2) is 0 Å². The fraction of sp³-hybridized carbons (Fsp3) is 0.481. The van der Waals surface area contributed by atoms with Gasteiger partial charge in [-0.1, -0.05) is 36.4 Å². The van der Waals surface area contributed by atoms with E-state index in [4.69, 9.17) is 19.9 Å². The number of nitrogen functional groups attached to an aromatic ring is 1. The minimum Gasteiger partial charge on any atom is -0.493 e. The summed E-state index contributed by atoms with van der Waals surface area (Å²) in [5.41, 5.74) is 10.7. The minimum absolute atomic E-state index is 0.0253. The van der Waals surface area contributed by atoms with Gasteiger partial charge in [0.05, 0.1) is 12.5 Å². The van der Waals surface area contributed by atoms with Crippen LogP contribution in [-0.4, -0.2) is 50.5 Å². The summed E-state index contributed by atoms with van der Waals surface area (Å²) in [5.74, 6) is 1.91. The number of methoxy groups -OCH3 is 2. The molecule has 2 aromatic carbocycles. The third-order valence-electron chi connectivity index (χ3n) is 9.65. The van der Waals surface area contributed by atoms with Crippen molar-refractivity contribution >= 4 is 5.69 Å². The highest BCUT2D eigenvalue weighted by Crippen LogP contribution is 2.75. The zero-order valence-corrected chi connectivity index (χ0v) is 18.9. The molecule has 4 bridgehead atoms. The van der Waals surface area contributed by atoms with Crippen LogP contribution in [0.25, 0.3) is 0 Å². The number of piperidine rings is 1. The number of nitrogens with two attached hydrogens (primary N) is 1. The summed E-state index contributed by atoms with van der Waals surface area (Å²) in [6, 6.07) is 13.1. The van der Waals surface area contributed by atoms with E-state index in [0.717, 1.165) is 43.0 Å². The van der Waals surface area contributed by atoms with E-state index in [1.165, 1.54) is 16.7 Å². The lowest BCUT2D eigenvalue weighted by molar-refractivity contribution is -0.197. The largest absolute Gasteiger partial charge is 0.493 e. The molecule has 0 radical (unpaired) electrons. The first-order chi connectivity index (χ1) is 15.5. The Morgan fingerprint density at radius 1 is 1.12 bits per heavy atom. The first-order valence-electron chi connectivity index (χ1n) is 11.7. The second kappa shape index (κ2) is 5.89. The van der Waals surface area contributed by atoms with Gasteiger partial charge in [0, 0.05) is 35.7 Å². The zero-order valence-electron chi connectivity index (χ0n) is 18.9. The van der Waals surface area contributed by atoms with Crippen LogP contribution in [0.3, 0.4) is 0 Å². The topological polar surface area (TPSA) is 57.0 Å². The first kappa shape index (κ1) is 19.0. The molecule has 5 nitrogen and oxygen atoms in total. The predicted octanol–water partition coefficient (Wildman–Crippen LogP) is 3.67. The Labute approximate surface area is 189 Å². The summed E-state index contributed by atoms with van der Waals surface area (Å²) >= 11 is 0. The second-order valence-corrected chi connectivity index (χ2v) is 10.4. The van der Waals surface area contributed by atoms with Gasteiger partial charge in [0.15, 0.2) is 11.5 Å². The van der Waals surface area contributed by atoms with E-state index in [0.29, 0.717) is 6.04 Å². The normalized spacial score (nSPS) is 40.2. The maximum atomic E-state index is 6.99. The van der Waals surface area contributed by atoms with Crippen molar-refractivity contribution in [3.63, 3.8) is 0 Å². The van der Waals surface area contributed by atoms with Crippen molar-refractivity contribution in [2.24, 2.45) is 5.41 Å². The highest BCUT2D eigenvalue weighted by molar-refractivity contribution is 5.66. The summed E-state index contributed by atoms with van der Waals surface area (Å²) in [5, 5.41) is 0. The van der Waals surface area contributed by atoms with E-state index in [9.17, 15) is 0 Å². The number of ether oxygens (including phenoxy) is 3. The average molecular weight is 431 g/mol. The van der Waals surface area contributed by atoms with Crippen molar-refractivity contribution in [1.29, 1.82) is 0 Å². The maximum Gasteiger partial charge on any atom is 0.166 e. The number of benzene rings is 2. The molecule has 166 valence electrons. The smallest absolute Gasteiger partial charge is 0.166 e. The molecule has 4 aliphatic carbocycles. The summed E-state index contributed by atoms with van der Waals surface area (Å²) in [4.78, 5) is 2.58. The lowest BCUT2D eigenvalue weighted by atomic mass is 9.36. The summed E-state index contributed by atoms with van der Waals surface area (Å²) in [6.45, 7) is 1.06. The molecule has 1 saturated carbocycles. The van der Waals surface area contributed by atoms with Crippen LogP contribution in [0, 0.1) is 5.41 Å². The van der Waals surface area contributed by atoms with Crippen molar-refractivity contribution in [1.82, 2.24) is 4.90 Å². The van der Waals surface area contributed by atoms with Gasteiger partial charge < -0.3 is 24.8 Å². The maximum absolute atomic E-state index is 6.99. The lowest BCUT2D eigenvalue weighted by Gasteiger charge is -2.71. The Kier molecular flexibility index (Phi) is 3.50. The molecule has 1 unspecified atom stereocenters. The number of nitrogens with zero attached hydrogens (tertiary/aromatic N) is 1. The van der Waals surface area contributed by atoms with Gasteiger partial charge >= 0.3 is 0 Å². The van der Waals surface area contributed by atoms with Crippen LogP contribution in [0.5, 0.6) is 11.5 Å². The van der Waals surface area contributed by atoms with Crippen molar-refractivity contribution in [3.05, 3.63) is 65.2 Å². The van der Waals surface area contributed by atoms with Gasteiger partial charge in [-0.2, -0.15) is 0 Å².